The number of nitrogens with one attached hydrogen (secondary N) is 1. The van der Waals surface area contributed by atoms with E-state index in [9.17, 15) is 9.59 Å². The van der Waals surface area contributed by atoms with Crippen molar-refractivity contribution in [3.63, 3.8) is 0 Å². The topological polar surface area (TPSA) is 52.7 Å². The third kappa shape index (κ3) is 5.28. The van der Waals surface area contributed by atoms with Gasteiger partial charge < -0.3 is 10.2 Å². The van der Waals surface area contributed by atoms with Crippen LogP contribution < -0.4 is 5.32 Å². The largest absolute Gasteiger partial charge is 0.342 e. The SMILES string of the molecule is O=C(NCC(=O)N1CCN(CC=Cc2ccccc2)CC1)c1cccs1. The number of hydrogen-bond donors (Lipinski definition) is 1. The van der Waals surface area contributed by atoms with E-state index in [1.165, 1.54) is 16.9 Å². The van der Waals surface area contributed by atoms with Gasteiger partial charge in [0.05, 0.1) is 11.4 Å². The number of thiophene rings is 1. The van der Waals surface area contributed by atoms with Gasteiger partial charge in [-0.15, -0.1) is 11.3 Å². The Morgan fingerprint density at radius 1 is 1.04 bits per heavy atom. The summed E-state index contributed by atoms with van der Waals surface area (Å²) in [6.45, 7) is 4.05. The summed E-state index contributed by atoms with van der Waals surface area (Å²) in [5.41, 5.74) is 1.20. The number of carbonyl (C=O) groups is 2. The van der Waals surface area contributed by atoms with Crippen LogP contribution in [-0.4, -0.2) is 60.9 Å². The Hall–Kier alpha value is -2.44. The maximum Gasteiger partial charge on any atom is 0.261 e. The van der Waals surface area contributed by atoms with Crippen LogP contribution in [0.1, 0.15) is 15.2 Å². The maximum absolute atomic E-state index is 12.3. The highest BCUT2D eigenvalue weighted by molar-refractivity contribution is 7.12. The quantitative estimate of drug-likeness (QED) is 0.850. The molecule has 0 atom stereocenters. The standard InChI is InChI=1S/C20H23N3O2S/c24-19(16-21-20(25)18-9-5-15-26-18)23-13-11-22(12-14-23)10-4-8-17-6-2-1-3-7-17/h1-9,15H,10-14,16H2,(H,21,25). The highest BCUT2D eigenvalue weighted by Crippen LogP contribution is 2.08. The predicted octanol–water partition coefficient (Wildman–Crippen LogP) is 2.34. The van der Waals surface area contributed by atoms with E-state index in [0.29, 0.717) is 18.0 Å². The fourth-order valence-corrected chi connectivity index (χ4v) is 3.48. The molecule has 2 aromatic rings. The van der Waals surface area contributed by atoms with Gasteiger partial charge in [0.2, 0.25) is 5.91 Å². The Balaban J connectivity index is 1.37. The van der Waals surface area contributed by atoms with Crippen molar-refractivity contribution in [2.24, 2.45) is 0 Å². The lowest BCUT2D eigenvalue weighted by Crippen LogP contribution is -2.51. The van der Waals surface area contributed by atoms with Crippen molar-refractivity contribution in [3.05, 3.63) is 64.4 Å². The molecule has 0 aliphatic carbocycles. The van der Waals surface area contributed by atoms with Crippen molar-refractivity contribution in [2.75, 3.05) is 39.3 Å². The summed E-state index contributed by atoms with van der Waals surface area (Å²) in [6.07, 6.45) is 4.28. The van der Waals surface area contributed by atoms with E-state index in [0.717, 1.165) is 19.6 Å². The van der Waals surface area contributed by atoms with E-state index in [2.05, 4.69) is 34.5 Å². The van der Waals surface area contributed by atoms with Gasteiger partial charge in [-0.25, -0.2) is 0 Å². The van der Waals surface area contributed by atoms with Crippen LogP contribution in [0.25, 0.3) is 6.08 Å². The zero-order chi connectivity index (χ0) is 18.2. The zero-order valence-corrected chi connectivity index (χ0v) is 15.5. The molecule has 2 heterocycles. The van der Waals surface area contributed by atoms with Gasteiger partial charge in [-0.2, -0.15) is 0 Å². The summed E-state index contributed by atoms with van der Waals surface area (Å²) in [7, 11) is 0. The van der Waals surface area contributed by atoms with Gasteiger partial charge in [0, 0.05) is 32.7 Å². The zero-order valence-electron chi connectivity index (χ0n) is 14.6. The Morgan fingerprint density at radius 3 is 2.50 bits per heavy atom. The van der Waals surface area contributed by atoms with Crippen molar-refractivity contribution >= 4 is 29.2 Å². The summed E-state index contributed by atoms with van der Waals surface area (Å²) < 4.78 is 0. The van der Waals surface area contributed by atoms with Crippen LogP contribution in [0.2, 0.25) is 0 Å². The molecule has 0 spiro atoms. The number of piperazine rings is 1. The molecule has 0 unspecified atom stereocenters. The monoisotopic (exact) mass is 369 g/mol. The smallest absolute Gasteiger partial charge is 0.261 e. The first-order chi connectivity index (χ1) is 12.7. The minimum Gasteiger partial charge on any atom is -0.342 e. The minimum absolute atomic E-state index is 0.0191. The van der Waals surface area contributed by atoms with Gasteiger partial charge in [-0.05, 0) is 17.0 Å². The van der Waals surface area contributed by atoms with Gasteiger partial charge in [0.25, 0.3) is 5.91 Å². The van der Waals surface area contributed by atoms with Gasteiger partial charge in [-0.3, -0.25) is 14.5 Å². The van der Waals surface area contributed by atoms with Crippen LogP contribution in [-0.2, 0) is 4.79 Å². The van der Waals surface area contributed by atoms with Crippen LogP contribution in [0.4, 0.5) is 0 Å². The van der Waals surface area contributed by atoms with Gasteiger partial charge >= 0.3 is 0 Å². The molecule has 0 saturated carbocycles. The molecular weight excluding hydrogens is 346 g/mol. The van der Waals surface area contributed by atoms with Crippen LogP contribution in [0.15, 0.2) is 53.9 Å². The fraction of sp³-hybridized carbons (Fsp3) is 0.300. The summed E-state index contributed by atoms with van der Waals surface area (Å²) in [5, 5.41) is 4.55. The van der Waals surface area contributed by atoms with Crippen molar-refractivity contribution < 1.29 is 9.59 Å². The number of carbonyl (C=O) groups excluding carboxylic acids is 2. The van der Waals surface area contributed by atoms with E-state index >= 15 is 0 Å². The Kier molecular flexibility index (Phi) is 6.57. The van der Waals surface area contributed by atoms with Crippen molar-refractivity contribution in [2.45, 2.75) is 0 Å². The molecule has 0 bridgehead atoms. The lowest BCUT2D eigenvalue weighted by Gasteiger charge is -2.34. The number of benzene rings is 1. The maximum atomic E-state index is 12.3. The molecule has 1 saturated heterocycles. The predicted molar refractivity (Wildman–Crippen MR) is 105 cm³/mol. The molecule has 1 aromatic carbocycles. The molecular formula is C20H23N3O2S. The number of hydrogen-bond acceptors (Lipinski definition) is 4. The van der Waals surface area contributed by atoms with Gasteiger partial charge in [0.1, 0.15) is 0 Å². The Morgan fingerprint density at radius 2 is 1.81 bits per heavy atom. The van der Waals surface area contributed by atoms with Crippen molar-refractivity contribution in [1.82, 2.24) is 15.1 Å². The Labute approximate surface area is 157 Å². The van der Waals surface area contributed by atoms with E-state index in [1.807, 2.05) is 34.5 Å². The average Bonchev–Trinajstić information content (AvgIpc) is 3.22. The average molecular weight is 369 g/mol. The van der Waals surface area contributed by atoms with E-state index in [1.54, 1.807) is 6.07 Å². The highest BCUT2D eigenvalue weighted by Gasteiger charge is 2.20. The third-order valence-corrected chi connectivity index (χ3v) is 5.21. The van der Waals surface area contributed by atoms with Crippen molar-refractivity contribution in [3.8, 4) is 0 Å². The fourth-order valence-electron chi connectivity index (χ4n) is 2.84. The van der Waals surface area contributed by atoms with E-state index in [-0.39, 0.29) is 18.4 Å². The molecule has 1 N–H and O–H groups in total. The first-order valence-corrected chi connectivity index (χ1v) is 9.64. The molecule has 1 aromatic heterocycles. The lowest BCUT2D eigenvalue weighted by atomic mass is 10.2. The van der Waals surface area contributed by atoms with Crippen molar-refractivity contribution in [1.29, 1.82) is 0 Å². The minimum atomic E-state index is -0.182. The third-order valence-electron chi connectivity index (χ3n) is 4.34. The first-order valence-electron chi connectivity index (χ1n) is 8.76. The molecule has 1 fully saturated rings. The normalized spacial score (nSPS) is 15.3. The van der Waals surface area contributed by atoms with Crippen LogP contribution in [0.3, 0.4) is 0 Å². The number of rotatable bonds is 6. The first kappa shape index (κ1) is 18.4. The molecule has 26 heavy (non-hydrogen) atoms. The summed E-state index contributed by atoms with van der Waals surface area (Å²) >= 11 is 1.37. The number of nitrogens with zero attached hydrogens (tertiary/aromatic N) is 2. The molecule has 3 rings (SSSR count). The van der Waals surface area contributed by atoms with Crippen LogP contribution >= 0.6 is 11.3 Å². The molecule has 6 heteroatoms. The Bertz CT molecular complexity index is 736. The molecule has 5 nitrogen and oxygen atoms in total. The van der Waals surface area contributed by atoms with E-state index < -0.39 is 0 Å². The molecule has 0 radical (unpaired) electrons. The lowest BCUT2D eigenvalue weighted by molar-refractivity contribution is -0.131. The second-order valence-corrected chi connectivity index (χ2v) is 7.10. The highest BCUT2D eigenvalue weighted by atomic mass is 32.1. The molecule has 2 amide bonds. The second kappa shape index (κ2) is 9.31. The molecule has 1 aliphatic heterocycles. The molecule has 1 aliphatic rings. The summed E-state index contributed by atoms with van der Waals surface area (Å²) in [5.74, 6) is -0.201. The van der Waals surface area contributed by atoms with Crippen LogP contribution in [0.5, 0.6) is 0 Å². The van der Waals surface area contributed by atoms with Gasteiger partial charge in [0.15, 0.2) is 0 Å². The summed E-state index contributed by atoms with van der Waals surface area (Å²) in [4.78, 5) is 28.9. The second-order valence-electron chi connectivity index (χ2n) is 6.15. The van der Waals surface area contributed by atoms with E-state index in [4.69, 9.17) is 0 Å². The van der Waals surface area contributed by atoms with Gasteiger partial charge in [-0.1, -0.05) is 48.6 Å². The van der Waals surface area contributed by atoms with Crippen LogP contribution in [0, 0.1) is 0 Å². The summed E-state index contributed by atoms with van der Waals surface area (Å²) in [6, 6.07) is 13.8. The molecule has 136 valence electrons. The number of amides is 2.